The lowest BCUT2D eigenvalue weighted by Crippen LogP contribution is -2.47. The van der Waals surface area contributed by atoms with Crippen LogP contribution in [0.4, 0.5) is 11.5 Å². The third kappa shape index (κ3) is 5.56. The van der Waals surface area contributed by atoms with Gasteiger partial charge < -0.3 is 16.0 Å². The van der Waals surface area contributed by atoms with Crippen molar-refractivity contribution in [2.45, 2.75) is 72.1 Å². The lowest BCUT2D eigenvalue weighted by Gasteiger charge is -2.56. The van der Waals surface area contributed by atoms with Gasteiger partial charge in [0.1, 0.15) is 5.82 Å². The number of amides is 1. The van der Waals surface area contributed by atoms with Crippen LogP contribution in [0.25, 0.3) is 10.9 Å². The molecule has 0 unspecified atom stereocenters. The lowest BCUT2D eigenvalue weighted by atomic mass is 9.49. The first-order chi connectivity index (χ1) is 16.3. The van der Waals surface area contributed by atoms with E-state index >= 15 is 0 Å². The van der Waals surface area contributed by atoms with Crippen molar-refractivity contribution in [2.75, 3.05) is 30.3 Å². The molecule has 184 valence electrons. The number of hydrogen-bond acceptors (Lipinski definition) is 4. The van der Waals surface area contributed by atoms with Gasteiger partial charge in [-0.25, -0.2) is 4.98 Å². The van der Waals surface area contributed by atoms with E-state index in [0.717, 1.165) is 59.8 Å². The number of rotatable bonds is 9. The highest BCUT2D eigenvalue weighted by Gasteiger charge is 2.51. The van der Waals surface area contributed by atoms with Crippen LogP contribution >= 0.6 is 0 Å². The molecule has 4 fully saturated rings. The maximum Gasteiger partial charge on any atom is 0.224 e. The number of benzene rings is 1. The third-order valence-corrected chi connectivity index (χ3v) is 8.37. The number of nitrogens with one attached hydrogen (secondary N) is 3. The topological polar surface area (TPSA) is 66.0 Å². The molecular formula is C29H42N4O. The van der Waals surface area contributed by atoms with Gasteiger partial charge in [0.2, 0.25) is 5.91 Å². The van der Waals surface area contributed by atoms with Crippen LogP contribution in [0.2, 0.25) is 0 Å². The van der Waals surface area contributed by atoms with Gasteiger partial charge in [0, 0.05) is 24.9 Å². The Bertz CT molecular complexity index is 989. The molecule has 5 nitrogen and oxygen atoms in total. The molecule has 4 aliphatic carbocycles. The van der Waals surface area contributed by atoms with Crippen LogP contribution in [0.5, 0.6) is 0 Å². The molecule has 4 aliphatic rings. The van der Waals surface area contributed by atoms with Crippen molar-refractivity contribution in [3.8, 4) is 0 Å². The Hall–Kier alpha value is -2.14. The van der Waals surface area contributed by atoms with Crippen LogP contribution in [0.1, 0.15) is 72.1 Å². The maximum absolute atomic E-state index is 13.1. The van der Waals surface area contributed by atoms with Gasteiger partial charge in [-0.1, -0.05) is 26.8 Å². The summed E-state index contributed by atoms with van der Waals surface area (Å²) in [4.78, 5) is 17.9. The summed E-state index contributed by atoms with van der Waals surface area (Å²) in [5.74, 6) is 3.68. The molecule has 4 saturated carbocycles. The zero-order valence-electron chi connectivity index (χ0n) is 21.3. The Labute approximate surface area is 204 Å². The molecule has 1 heterocycles. The second-order valence-corrected chi connectivity index (χ2v) is 12.7. The van der Waals surface area contributed by atoms with Crippen molar-refractivity contribution in [2.24, 2.45) is 28.6 Å². The van der Waals surface area contributed by atoms with Crippen LogP contribution in [-0.2, 0) is 4.79 Å². The van der Waals surface area contributed by atoms with Crippen molar-refractivity contribution in [3.63, 3.8) is 0 Å². The Morgan fingerprint density at radius 2 is 1.68 bits per heavy atom. The van der Waals surface area contributed by atoms with Gasteiger partial charge in [-0.05, 0) is 104 Å². The number of hydrogen-bond donors (Lipinski definition) is 3. The highest BCUT2D eigenvalue weighted by Crippen LogP contribution is 2.61. The standard InChI is InChI=1S/C29H42N4O/c1-28(2,3)9-10-30-11-12-31-26-8-7-23-24(32-26)5-4-6-25(23)33-27(34)19-29-16-20-13-21(17-29)15-22(14-20)18-29/h4-8,20-22,30H,9-19H2,1-3H3,(H,31,32)(H,33,34). The summed E-state index contributed by atoms with van der Waals surface area (Å²) in [7, 11) is 0. The lowest BCUT2D eigenvalue weighted by molar-refractivity contribution is -0.124. The zero-order valence-corrected chi connectivity index (χ0v) is 21.3. The van der Waals surface area contributed by atoms with Gasteiger partial charge in [-0.2, -0.15) is 0 Å². The third-order valence-electron chi connectivity index (χ3n) is 8.37. The number of nitrogens with zero attached hydrogens (tertiary/aromatic N) is 1. The fraction of sp³-hybridized carbons (Fsp3) is 0.655. The van der Waals surface area contributed by atoms with E-state index in [-0.39, 0.29) is 11.3 Å². The second kappa shape index (κ2) is 9.49. The number of carbonyl (C=O) groups excluding carboxylic acids is 1. The summed E-state index contributed by atoms with van der Waals surface area (Å²) in [5, 5.41) is 11.2. The quantitative estimate of drug-likeness (QED) is 0.387. The van der Waals surface area contributed by atoms with E-state index in [1.54, 1.807) is 0 Å². The first kappa shape index (κ1) is 23.6. The largest absolute Gasteiger partial charge is 0.369 e. The van der Waals surface area contributed by atoms with E-state index in [1.165, 1.54) is 44.9 Å². The van der Waals surface area contributed by atoms with Crippen LogP contribution < -0.4 is 16.0 Å². The molecule has 5 heteroatoms. The van der Waals surface area contributed by atoms with E-state index in [9.17, 15) is 4.79 Å². The Kier molecular flexibility index (Phi) is 6.58. The maximum atomic E-state index is 13.1. The molecule has 1 amide bonds. The highest BCUT2D eigenvalue weighted by atomic mass is 16.1. The van der Waals surface area contributed by atoms with E-state index < -0.39 is 0 Å². The monoisotopic (exact) mass is 462 g/mol. The first-order valence-electron chi connectivity index (χ1n) is 13.4. The van der Waals surface area contributed by atoms with Gasteiger partial charge in [0.25, 0.3) is 0 Å². The van der Waals surface area contributed by atoms with Crippen molar-refractivity contribution >= 4 is 28.3 Å². The molecule has 0 saturated heterocycles. The first-order valence-corrected chi connectivity index (χ1v) is 13.4. The number of pyridine rings is 1. The summed E-state index contributed by atoms with van der Waals surface area (Å²) in [6, 6.07) is 10.1. The molecule has 1 aromatic heterocycles. The van der Waals surface area contributed by atoms with Gasteiger partial charge in [-0.3, -0.25) is 4.79 Å². The predicted molar refractivity (Wildman–Crippen MR) is 141 cm³/mol. The molecule has 4 bridgehead atoms. The predicted octanol–water partition coefficient (Wildman–Crippen LogP) is 6.22. The molecule has 2 aromatic rings. The van der Waals surface area contributed by atoms with Crippen LogP contribution in [0, 0.1) is 28.6 Å². The number of aromatic nitrogens is 1. The minimum absolute atomic E-state index is 0.179. The Morgan fingerprint density at radius 3 is 2.35 bits per heavy atom. The van der Waals surface area contributed by atoms with E-state index in [2.05, 4.69) is 42.8 Å². The molecule has 34 heavy (non-hydrogen) atoms. The van der Waals surface area contributed by atoms with E-state index in [0.29, 0.717) is 11.8 Å². The molecule has 0 atom stereocenters. The van der Waals surface area contributed by atoms with Crippen molar-refractivity contribution in [3.05, 3.63) is 30.3 Å². The average molecular weight is 463 g/mol. The normalized spacial score (nSPS) is 27.8. The van der Waals surface area contributed by atoms with Gasteiger partial charge in [-0.15, -0.1) is 0 Å². The minimum Gasteiger partial charge on any atom is -0.369 e. The van der Waals surface area contributed by atoms with Crippen LogP contribution in [0.3, 0.4) is 0 Å². The van der Waals surface area contributed by atoms with Crippen molar-refractivity contribution in [1.82, 2.24) is 10.3 Å². The molecule has 1 aromatic carbocycles. The Morgan fingerprint density at radius 1 is 0.971 bits per heavy atom. The smallest absolute Gasteiger partial charge is 0.224 e. The molecule has 0 aliphatic heterocycles. The molecule has 3 N–H and O–H groups in total. The van der Waals surface area contributed by atoms with Gasteiger partial charge in [0.05, 0.1) is 11.2 Å². The summed E-state index contributed by atoms with van der Waals surface area (Å²) >= 11 is 0. The van der Waals surface area contributed by atoms with E-state index in [1.807, 2.05) is 24.3 Å². The van der Waals surface area contributed by atoms with Gasteiger partial charge in [0.15, 0.2) is 0 Å². The molecular weight excluding hydrogens is 420 g/mol. The fourth-order valence-electron chi connectivity index (χ4n) is 7.27. The fourth-order valence-corrected chi connectivity index (χ4v) is 7.27. The SMILES string of the molecule is CC(C)(C)CCNCCNc1ccc2c(NC(=O)CC34CC5CC(CC(C5)C3)C4)cccc2n1. The van der Waals surface area contributed by atoms with Gasteiger partial charge >= 0.3 is 0 Å². The summed E-state index contributed by atoms with van der Waals surface area (Å²) < 4.78 is 0. The van der Waals surface area contributed by atoms with Crippen molar-refractivity contribution in [1.29, 1.82) is 0 Å². The summed E-state index contributed by atoms with van der Waals surface area (Å²) in [6.07, 6.45) is 9.90. The zero-order chi connectivity index (χ0) is 23.8. The average Bonchev–Trinajstić information content (AvgIpc) is 2.74. The molecule has 0 spiro atoms. The van der Waals surface area contributed by atoms with Crippen molar-refractivity contribution < 1.29 is 4.79 Å². The Balaban J connectivity index is 1.16. The number of carbonyl (C=O) groups is 1. The molecule has 6 rings (SSSR count). The minimum atomic E-state index is 0.179. The van der Waals surface area contributed by atoms with Crippen LogP contribution in [-0.4, -0.2) is 30.5 Å². The summed E-state index contributed by atoms with van der Waals surface area (Å²) in [5.41, 5.74) is 2.43. The highest BCUT2D eigenvalue weighted by molar-refractivity contribution is 6.01. The molecule has 0 radical (unpaired) electrons. The number of fused-ring (bicyclic) bond motifs is 1. The number of anilines is 2. The van der Waals surface area contributed by atoms with Crippen LogP contribution in [0.15, 0.2) is 30.3 Å². The second-order valence-electron chi connectivity index (χ2n) is 12.7. The summed E-state index contributed by atoms with van der Waals surface area (Å²) in [6.45, 7) is 9.59. The van der Waals surface area contributed by atoms with E-state index in [4.69, 9.17) is 4.98 Å².